The molecule has 0 atom stereocenters. The number of aromatic amines is 1. The van der Waals surface area contributed by atoms with E-state index in [0.29, 0.717) is 12.2 Å². The summed E-state index contributed by atoms with van der Waals surface area (Å²) in [7, 11) is 0. The first-order chi connectivity index (χ1) is 11.3. The maximum atomic E-state index is 12.2. The van der Waals surface area contributed by atoms with Crippen molar-refractivity contribution in [2.45, 2.75) is 6.42 Å². The Labute approximate surface area is 149 Å². The Bertz CT molecular complexity index is 623. The van der Waals surface area contributed by atoms with Gasteiger partial charge in [0.15, 0.2) is 0 Å². The van der Waals surface area contributed by atoms with Crippen LogP contribution in [0, 0.1) is 0 Å². The summed E-state index contributed by atoms with van der Waals surface area (Å²) in [5.41, 5.74) is 2.67. The van der Waals surface area contributed by atoms with Gasteiger partial charge in [0.2, 0.25) is 0 Å². The fourth-order valence-corrected chi connectivity index (χ4v) is 2.85. The SMILES string of the molecule is Cl.O=C(NCCCN1CCNCC1)c1ccc(-c2ccccc2)[nH]1. The van der Waals surface area contributed by atoms with E-state index in [2.05, 4.69) is 20.5 Å². The molecule has 130 valence electrons. The molecule has 1 aliphatic heterocycles. The van der Waals surface area contributed by atoms with Crippen LogP contribution in [-0.2, 0) is 0 Å². The molecule has 1 saturated heterocycles. The minimum absolute atomic E-state index is 0. The van der Waals surface area contributed by atoms with Gasteiger partial charge in [-0.1, -0.05) is 30.3 Å². The quantitative estimate of drug-likeness (QED) is 0.701. The monoisotopic (exact) mass is 348 g/mol. The van der Waals surface area contributed by atoms with E-state index >= 15 is 0 Å². The lowest BCUT2D eigenvalue weighted by Gasteiger charge is -2.27. The Morgan fingerprint density at radius 2 is 1.83 bits per heavy atom. The first kappa shape index (κ1) is 18.5. The zero-order chi connectivity index (χ0) is 15.9. The Kier molecular flexibility index (Phi) is 7.31. The third-order valence-corrected chi connectivity index (χ3v) is 4.16. The van der Waals surface area contributed by atoms with E-state index < -0.39 is 0 Å². The smallest absolute Gasteiger partial charge is 0.267 e. The summed E-state index contributed by atoms with van der Waals surface area (Å²) in [6.45, 7) is 6.09. The van der Waals surface area contributed by atoms with Gasteiger partial charge in [-0.25, -0.2) is 0 Å². The minimum atomic E-state index is -0.0347. The van der Waals surface area contributed by atoms with Crippen LogP contribution in [0.1, 0.15) is 16.9 Å². The van der Waals surface area contributed by atoms with Crippen molar-refractivity contribution in [3.63, 3.8) is 0 Å². The molecule has 1 fully saturated rings. The van der Waals surface area contributed by atoms with Crippen LogP contribution in [0.25, 0.3) is 11.3 Å². The highest BCUT2D eigenvalue weighted by Crippen LogP contribution is 2.17. The fourth-order valence-electron chi connectivity index (χ4n) is 2.85. The average molecular weight is 349 g/mol. The average Bonchev–Trinajstić information content (AvgIpc) is 3.10. The molecule has 1 aromatic heterocycles. The normalized spacial score (nSPS) is 14.8. The highest BCUT2D eigenvalue weighted by molar-refractivity contribution is 5.93. The molecule has 0 aliphatic carbocycles. The zero-order valence-electron chi connectivity index (χ0n) is 13.8. The number of nitrogens with one attached hydrogen (secondary N) is 3. The largest absolute Gasteiger partial charge is 0.351 e. The van der Waals surface area contributed by atoms with Gasteiger partial charge in [-0.2, -0.15) is 0 Å². The number of hydrogen-bond donors (Lipinski definition) is 3. The number of nitrogens with zero attached hydrogens (tertiary/aromatic N) is 1. The molecule has 0 saturated carbocycles. The van der Waals surface area contributed by atoms with Crippen molar-refractivity contribution in [2.75, 3.05) is 39.3 Å². The lowest BCUT2D eigenvalue weighted by atomic mass is 10.2. The summed E-state index contributed by atoms with van der Waals surface area (Å²) in [5.74, 6) is -0.0347. The maximum Gasteiger partial charge on any atom is 0.267 e. The maximum absolute atomic E-state index is 12.2. The van der Waals surface area contributed by atoms with E-state index in [1.807, 2.05) is 42.5 Å². The number of carbonyl (C=O) groups is 1. The van der Waals surface area contributed by atoms with E-state index in [1.54, 1.807) is 0 Å². The van der Waals surface area contributed by atoms with Crippen LogP contribution in [0.4, 0.5) is 0 Å². The number of aromatic nitrogens is 1. The molecule has 0 bridgehead atoms. The highest BCUT2D eigenvalue weighted by atomic mass is 35.5. The second kappa shape index (κ2) is 9.47. The summed E-state index contributed by atoms with van der Waals surface area (Å²) < 4.78 is 0. The number of hydrogen-bond acceptors (Lipinski definition) is 3. The van der Waals surface area contributed by atoms with Crippen molar-refractivity contribution in [3.05, 3.63) is 48.2 Å². The van der Waals surface area contributed by atoms with Crippen LogP contribution in [0.2, 0.25) is 0 Å². The fraction of sp³-hybridized carbons (Fsp3) is 0.389. The first-order valence-corrected chi connectivity index (χ1v) is 8.28. The third-order valence-electron chi connectivity index (χ3n) is 4.16. The van der Waals surface area contributed by atoms with Gasteiger partial charge in [0, 0.05) is 38.4 Å². The predicted molar refractivity (Wildman–Crippen MR) is 99.7 cm³/mol. The summed E-state index contributed by atoms with van der Waals surface area (Å²) in [6.07, 6.45) is 0.984. The molecule has 1 amide bonds. The molecule has 2 heterocycles. The van der Waals surface area contributed by atoms with Crippen LogP contribution in [-0.4, -0.2) is 55.1 Å². The van der Waals surface area contributed by atoms with E-state index in [0.717, 1.165) is 50.4 Å². The van der Waals surface area contributed by atoms with Gasteiger partial charge >= 0.3 is 0 Å². The number of carbonyl (C=O) groups excluding carboxylic acids is 1. The van der Waals surface area contributed by atoms with Crippen molar-refractivity contribution < 1.29 is 4.79 Å². The standard InChI is InChI=1S/C18H24N4O.ClH/c23-18(20-9-4-12-22-13-10-19-11-14-22)17-8-7-16(21-17)15-5-2-1-3-6-15;/h1-3,5-8,19,21H,4,9-14H2,(H,20,23);1H. The molecule has 2 aromatic rings. The van der Waals surface area contributed by atoms with Gasteiger partial charge in [-0.3, -0.25) is 4.79 Å². The van der Waals surface area contributed by atoms with E-state index in [4.69, 9.17) is 0 Å². The predicted octanol–water partition coefficient (Wildman–Crippen LogP) is 2.13. The first-order valence-electron chi connectivity index (χ1n) is 8.28. The number of piperazine rings is 1. The van der Waals surface area contributed by atoms with E-state index in [-0.39, 0.29) is 18.3 Å². The van der Waals surface area contributed by atoms with Crippen LogP contribution in [0.15, 0.2) is 42.5 Å². The van der Waals surface area contributed by atoms with Gasteiger partial charge in [0.1, 0.15) is 5.69 Å². The van der Waals surface area contributed by atoms with Gasteiger partial charge in [-0.05, 0) is 30.7 Å². The van der Waals surface area contributed by atoms with Crippen molar-refractivity contribution in [2.24, 2.45) is 0 Å². The summed E-state index contributed by atoms with van der Waals surface area (Å²) >= 11 is 0. The Balaban J connectivity index is 0.00000208. The molecule has 0 unspecified atom stereocenters. The van der Waals surface area contributed by atoms with E-state index in [9.17, 15) is 4.79 Å². The highest BCUT2D eigenvalue weighted by Gasteiger charge is 2.10. The van der Waals surface area contributed by atoms with Crippen LogP contribution in [0.3, 0.4) is 0 Å². The molecule has 0 spiro atoms. The Morgan fingerprint density at radius 3 is 2.58 bits per heavy atom. The number of H-pyrrole nitrogens is 1. The molecule has 5 nitrogen and oxygen atoms in total. The van der Waals surface area contributed by atoms with Gasteiger partial charge in [0.25, 0.3) is 5.91 Å². The summed E-state index contributed by atoms with van der Waals surface area (Å²) in [5, 5.41) is 6.34. The molecule has 3 N–H and O–H groups in total. The van der Waals surface area contributed by atoms with Crippen LogP contribution in [0.5, 0.6) is 0 Å². The van der Waals surface area contributed by atoms with E-state index in [1.165, 1.54) is 0 Å². The van der Waals surface area contributed by atoms with Crippen molar-refractivity contribution in [1.82, 2.24) is 20.5 Å². The molecule has 1 aromatic carbocycles. The van der Waals surface area contributed by atoms with Gasteiger partial charge < -0.3 is 20.5 Å². The molecular weight excluding hydrogens is 324 g/mol. The van der Waals surface area contributed by atoms with Crippen LogP contribution < -0.4 is 10.6 Å². The second-order valence-corrected chi connectivity index (χ2v) is 5.85. The summed E-state index contributed by atoms with van der Waals surface area (Å²) in [6, 6.07) is 13.8. The number of benzene rings is 1. The lowest BCUT2D eigenvalue weighted by molar-refractivity contribution is 0.0947. The molecular formula is C18H25ClN4O. The zero-order valence-corrected chi connectivity index (χ0v) is 14.6. The Hall–Kier alpha value is -1.82. The molecule has 24 heavy (non-hydrogen) atoms. The number of halogens is 1. The topological polar surface area (TPSA) is 60.2 Å². The van der Waals surface area contributed by atoms with Gasteiger partial charge in [0.05, 0.1) is 0 Å². The lowest BCUT2D eigenvalue weighted by Crippen LogP contribution is -2.44. The minimum Gasteiger partial charge on any atom is -0.351 e. The van der Waals surface area contributed by atoms with Crippen LogP contribution >= 0.6 is 12.4 Å². The third kappa shape index (κ3) is 5.09. The molecule has 1 aliphatic rings. The molecule has 6 heteroatoms. The molecule has 0 radical (unpaired) electrons. The number of amides is 1. The van der Waals surface area contributed by atoms with Crippen molar-refractivity contribution in [1.29, 1.82) is 0 Å². The molecule has 3 rings (SSSR count). The second-order valence-electron chi connectivity index (χ2n) is 5.85. The summed E-state index contributed by atoms with van der Waals surface area (Å²) in [4.78, 5) is 17.8. The Morgan fingerprint density at radius 1 is 1.08 bits per heavy atom. The van der Waals surface area contributed by atoms with Crippen molar-refractivity contribution >= 4 is 18.3 Å². The van der Waals surface area contributed by atoms with Gasteiger partial charge in [-0.15, -0.1) is 12.4 Å². The van der Waals surface area contributed by atoms with Crippen molar-refractivity contribution in [3.8, 4) is 11.3 Å². The number of rotatable bonds is 6.